The summed E-state index contributed by atoms with van der Waals surface area (Å²) in [5.74, 6) is 0.744. The van der Waals surface area contributed by atoms with E-state index in [0.717, 1.165) is 25.4 Å². The van der Waals surface area contributed by atoms with E-state index < -0.39 is 0 Å². The number of rotatable bonds is 2. The Labute approximate surface area is 85.7 Å². The molecule has 0 spiro atoms. The quantitative estimate of drug-likeness (QED) is 0.770. The van der Waals surface area contributed by atoms with Crippen LogP contribution in [0.4, 0.5) is 0 Å². The molecule has 1 aromatic rings. The maximum Gasteiger partial charge on any atom is 0.0578 e. The van der Waals surface area contributed by atoms with Gasteiger partial charge in [0.05, 0.1) is 6.17 Å². The smallest absolute Gasteiger partial charge is 0.0578 e. The van der Waals surface area contributed by atoms with Crippen LogP contribution in [0.1, 0.15) is 18.9 Å². The third-order valence-corrected chi connectivity index (χ3v) is 2.89. The molecule has 0 unspecified atom stereocenters. The minimum atomic E-state index is 0.255. The molecule has 76 valence electrons. The first kappa shape index (κ1) is 9.69. The SMILES string of the molecule is C[C@H]1C[C@@H](N)N(Cc2ccccc2)C1. The Morgan fingerprint density at radius 1 is 1.36 bits per heavy atom. The van der Waals surface area contributed by atoms with Gasteiger partial charge in [0.2, 0.25) is 0 Å². The topological polar surface area (TPSA) is 29.3 Å². The molecule has 0 saturated carbocycles. The van der Waals surface area contributed by atoms with E-state index in [1.54, 1.807) is 0 Å². The Balaban J connectivity index is 1.98. The van der Waals surface area contributed by atoms with E-state index in [1.165, 1.54) is 5.56 Å². The summed E-state index contributed by atoms with van der Waals surface area (Å²) in [6.45, 7) is 4.40. The monoisotopic (exact) mass is 190 g/mol. The minimum Gasteiger partial charge on any atom is -0.316 e. The van der Waals surface area contributed by atoms with E-state index in [-0.39, 0.29) is 6.17 Å². The molecule has 0 aromatic heterocycles. The molecule has 1 heterocycles. The fourth-order valence-corrected chi connectivity index (χ4v) is 2.17. The van der Waals surface area contributed by atoms with Crippen molar-refractivity contribution in [2.75, 3.05) is 6.54 Å². The molecule has 1 aliphatic rings. The van der Waals surface area contributed by atoms with Crippen LogP contribution in [0.15, 0.2) is 30.3 Å². The van der Waals surface area contributed by atoms with Crippen molar-refractivity contribution >= 4 is 0 Å². The second-order valence-electron chi connectivity index (χ2n) is 4.32. The second kappa shape index (κ2) is 4.11. The molecule has 0 radical (unpaired) electrons. The average Bonchev–Trinajstić information content (AvgIpc) is 2.47. The summed E-state index contributed by atoms with van der Waals surface area (Å²) in [7, 11) is 0. The van der Waals surface area contributed by atoms with Gasteiger partial charge in [-0.25, -0.2) is 0 Å². The third kappa shape index (κ3) is 2.14. The third-order valence-electron chi connectivity index (χ3n) is 2.89. The van der Waals surface area contributed by atoms with Crippen molar-refractivity contribution in [1.82, 2.24) is 4.90 Å². The molecule has 14 heavy (non-hydrogen) atoms. The summed E-state index contributed by atoms with van der Waals surface area (Å²) in [6, 6.07) is 10.5. The van der Waals surface area contributed by atoms with E-state index in [1.807, 2.05) is 0 Å². The van der Waals surface area contributed by atoms with Crippen LogP contribution >= 0.6 is 0 Å². The van der Waals surface area contributed by atoms with E-state index in [4.69, 9.17) is 5.73 Å². The van der Waals surface area contributed by atoms with Crippen LogP contribution in [0.3, 0.4) is 0 Å². The Hall–Kier alpha value is -0.860. The Morgan fingerprint density at radius 2 is 2.07 bits per heavy atom. The number of likely N-dealkylation sites (tertiary alicyclic amines) is 1. The fourth-order valence-electron chi connectivity index (χ4n) is 2.17. The molecular formula is C12H18N2. The van der Waals surface area contributed by atoms with Gasteiger partial charge in [-0.3, -0.25) is 4.90 Å². The maximum absolute atomic E-state index is 6.04. The van der Waals surface area contributed by atoms with Gasteiger partial charge in [0, 0.05) is 13.1 Å². The van der Waals surface area contributed by atoms with E-state index >= 15 is 0 Å². The first-order valence-electron chi connectivity index (χ1n) is 5.29. The summed E-state index contributed by atoms with van der Waals surface area (Å²) < 4.78 is 0. The lowest BCUT2D eigenvalue weighted by atomic mass is 10.1. The van der Waals surface area contributed by atoms with Gasteiger partial charge in [0.15, 0.2) is 0 Å². The molecular weight excluding hydrogens is 172 g/mol. The van der Waals surface area contributed by atoms with Crippen molar-refractivity contribution in [3.8, 4) is 0 Å². The van der Waals surface area contributed by atoms with Crippen molar-refractivity contribution in [3.63, 3.8) is 0 Å². The Morgan fingerprint density at radius 3 is 2.64 bits per heavy atom. The van der Waals surface area contributed by atoms with Crippen LogP contribution in [-0.4, -0.2) is 17.6 Å². The van der Waals surface area contributed by atoms with Gasteiger partial charge >= 0.3 is 0 Å². The average molecular weight is 190 g/mol. The number of benzene rings is 1. The molecule has 0 aliphatic carbocycles. The molecule has 1 aliphatic heterocycles. The molecule has 0 bridgehead atoms. The van der Waals surface area contributed by atoms with E-state index in [0.29, 0.717) is 0 Å². The molecule has 2 nitrogen and oxygen atoms in total. The maximum atomic E-state index is 6.04. The Kier molecular flexibility index (Phi) is 2.85. The molecule has 1 aromatic carbocycles. The highest BCUT2D eigenvalue weighted by Gasteiger charge is 2.25. The van der Waals surface area contributed by atoms with Gasteiger partial charge in [-0.15, -0.1) is 0 Å². The van der Waals surface area contributed by atoms with Gasteiger partial charge in [-0.05, 0) is 17.9 Å². The number of hydrogen-bond acceptors (Lipinski definition) is 2. The molecule has 2 rings (SSSR count). The predicted molar refractivity (Wildman–Crippen MR) is 58.6 cm³/mol. The van der Waals surface area contributed by atoms with Crippen molar-refractivity contribution in [2.24, 2.45) is 11.7 Å². The van der Waals surface area contributed by atoms with Gasteiger partial charge in [-0.2, -0.15) is 0 Å². The predicted octanol–water partition coefficient (Wildman–Crippen LogP) is 1.81. The van der Waals surface area contributed by atoms with Crippen LogP contribution in [0.5, 0.6) is 0 Å². The first-order chi connectivity index (χ1) is 6.75. The summed E-state index contributed by atoms with van der Waals surface area (Å²) >= 11 is 0. The molecule has 2 heteroatoms. The highest BCUT2D eigenvalue weighted by atomic mass is 15.2. The van der Waals surface area contributed by atoms with Crippen LogP contribution in [0.25, 0.3) is 0 Å². The van der Waals surface area contributed by atoms with Gasteiger partial charge < -0.3 is 5.73 Å². The summed E-state index contributed by atoms with van der Waals surface area (Å²) in [6.07, 6.45) is 1.39. The standard InChI is InChI=1S/C12H18N2/c1-10-7-12(13)14(8-10)9-11-5-3-2-4-6-11/h2-6,10,12H,7-9,13H2,1H3/t10-,12-/m0/s1. The van der Waals surface area contributed by atoms with Crippen LogP contribution < -0.4 is 5.73 Å². The lowest BCUT2D eigenvalue weighted by Gasteiger charge is -2.20. The molecule has 2 atom stereocenters. The lowest BCUT2D eigenvalue weighted by Crippen LogP contribution is -2.35. The largest absolute Gasteiger partial charge is 0.316 e. The van der Waals surface area contributed by atoms with E-state index in [2.05, 4.69) is 42.2 Å². The normalized spacial score (nSPS) is 28.1. The fraction of sp³-hybridized carbons (Fsp3) is 0.500. The molecule has 1 fully saturated rings. The zero-order chi connectivity index (χ0) is 9.97. The van der Waals surface area contributed by atoms with Crippen LogP contribution in [0, 0.1) is 5.92 Å². The van der Waals surface area contributed by atoms with Gasteiger partial charge in [-0.1, -0.05) is 37.3 Å². The zero-order valence-electron chi connectivity index (χ0n) is 8.69. The highest BCUT2D eigenvalue weighted by molar-refractivity contribution is 5.14. The summed E-state index contributed by atoms with van der Waals surface area (Å²) in [5, 5.41) is 0. The number of nitrogens with zero attached hydrogens (tertiary/aromatic N) is 1. The van der Waals surface area contributed by atoms with E-state index in [9.17, 15) is 0 Å². The first-order valence-corrected chi connectivity index (χ1v) is 5.29. The van der Waals surface area contributed by atoms with Crippen molar-refractivity contribution in [1.29, 1.82) is 0 Å². The molecule has 1 saturated heterocycles. The van der Waals surface area contributed by atoms with Gasteiger partial charge in [0.25, 0.3) is 0 Å². The van der Waals surface area contributed by atoms with Crippen molar-refractivity contribution in [2.45, 2.75) is 26.1 Å². The Bertz CT molecular complexity index is 284. The summed E-state index contributed by atoms with van der Waals surface area (Å²) in [5.41, 5.74) is 7.40. The number of hydrogen-bond donors (Lipinski definition) is 1. The zero-order valence-corrected chi connectivity index (χ0v) is 8.69. The van der Waals surface area contributed by atoms with Crippen LogP contribution in [-0.2, 0) is 6.54 Å². The minimum absolute atomic E-state index is 0.255. The highest BCUT2D eigenvalue weighted by Crippen LogP contribution is 2.21. The number of nitrogens with two attached hydrogens (primary N) is 1. The van der Waals surface area contributed by atoms with Gasteiger partial charge in [0.1, 0.15) is 0 Å². The molecule has 2 N–H and O–H groups in total. The second-order valence-corrected chi connectivity index (χ2v) is 4.32. The van der Waals surface area contributed by atoms with Crippen molar-refractivity contribution < 1.29 is 0 Å². The molecule has 0 amide bonds. The summed E-state index contributed by atoms with van der Waals surface area (Å²) in [4.78, 5) is 2.36. The lowest BCUT2D eigenvalue weighted by molar-refractivity contribution is 0.247. The van der Waals surface area contributed by atoms with Crippen LogP contribution in [0.2, 0.25) is 0 Å². The van der Waals surface area contributed by atoms with Crippen molar-refractivity contribution in [3.05, 3.63) is 35.9 Å².